The number of methoxy groups -OCH3 is 1. The van der Waals surface area contributed by atoms with E-state index in [-0.39, 0.29) is 6.10 Å². The van der Waals surface area contributed by atoms with E-state index in [0.29, 0.717) is 6.54 Å². The van der Waals surface area contributed by atoms with E-state index in [0.717, 1.165) is 60.0 Å². The molecule has 0 atom stereocenters. The number of rotatable bonds is 6. The van der Waals surface area contributed by atoms with Crippen LogP contribution in [0, 0.1) is 0 Å². The Hall–Kier alpha value is -3.12. The van der Waals surface area contributed by atoms with Crippen LogP contribution in [-0.4, -0.2) is 41.4 Å². The zero-order valence-corrected chi connectivity index (χ0v) is 16.6. The second kappa shape index (κ2) is 8.92. The van der Waals surface area contributed by atoms with Crippen molar-refractivity contribution >= 4 is 11.6 Å². The number of nitrogens with zero attached hydrogens (tertiary/aromatic N) is 3. The van der Waals surface area contributed by atoms with Crippen molar-refractivity contribution in [2.24, 2.45) is 0 Å². The lowest BCUT2D eigenvalue weighted by Crippen LogP contribution is -2.36. The van der Waals surface area contributed by atoms with Gasteiger partial charge in [0.15, 0.2) is 0 Å². The molecule has 0 unspecified atom stereocenters. The van der Waals surface area contributed by atoms with Gasteiger partial charge in [-0.3, -0.25) is 0 Å². The van der Waals surface area contributed by atoms with Gasteiger partial charge in [-0.05, 0) is 65.9 Å². The highest BCUT2D eigenvalue weighted by Gasteiger charge is 2.18. The van der Waals surface area contributed by atoms with Crippen LogP contribution >= 0.6 is 0 Å². The molecule has 0 radical (unpaired) electrons. The molecule has 2 N–H and O–H groups in total. The molecule has 0 aliphatic carbocycles. The van der Waals surface area contributed by atoms with Gasteiger partial charge >= 0.3 is 0 Å². The molecule has 3 aromatic rings. The fraction of sp³-hybridized carbons (Fsp3) is 0.304. The van der Waals surface area contributed by atoms with Crippen molar-refractivity contribution < 1.29 is 9.84 Å². The predicted octanol–water partition coefficient (Wildman–Crippen LogP) is 3.73. The molecule has 150 valence electrons. The topological polar surface area (TPSA) is 70.5 Å². The minimum atomic E-state index is -0.186. The highest BCUT2D eigenvalue weighted by atomic mass is 16.5. The summed E-state index contributed by atoms with van der Waals surface area (Å²) >= 11 is 0. The number of aromatic nitrogens is 2. The third kappa shape index (κ3) is 4.84. The van der Waals surface area contributed by atoms with Gasteiger partial charge in [0.05, 0.1) is 13.2 Å². The van der Waals surface area contributed by atoms with Gasteiger partial charge in [-0.15, -0.1) is 0 Å². The van der Waals surface area contributed by atoms with Crippen LogP contribution in [0.2, 0.25) is 0 Å². The number of hydrogen-bond donors (Lipinski definition) is 2. The largest absolute Gasteiger partial charge is 0.497 e. The number of ether oxygens (including phenoxy) is 1. The van der Waals surface area contributed by atoms with Gasteiger partial charge in [0.2, 0.25) is 0 Å². The monoisotopic (exact) mass is 390 g/mol. The third-order valence-corrected chi connectivity index (χ3v) is 5.26. The van der Waals surface area contributed by atoms with Crippen molar-refractivity contribution in [3.8, 4) is 16.9 Å². The van der Waals surface area contributed by atoms with Crippen molar-refractivity contribution in [2.45, 2.75) is 25.5 Å². The molecule has 0 spiro atoms. The molecule has 1 aliphatic heterocycles. The number of aliphatic hydroxyl groups is 1. The van der Waals surface area contributed by atoms with Gasteiger partial charge < -0.3 is 20.1 Å². The van der Waals surface area contributed by atoms with Gasteiger partial charge in [-0.25, -0.2) is 9.97 Å². The molecule has 3 heterocycles. The van der Waals surface area contributed by atoms with Crippen LogP contribution in [0.15, 0.2) is 60.9 Å². The molecule has 1 aromatic carbocycles. The summed E-state index contributed by atoms with van der Waals surface area (Å²) in [7, 11) is 1.67. The Balaban J connectivity index is 1.46. The molecule has 1 fully saturated rings. The summed E-state index contributed by atoms with van der Waals surface area (Å²) in [5.74, 6) is 2.64. The van der Waals surface area contributed by atoms with Crippen LogP contribution in [0.25, 0.3) is 11.1 Å². The van der Waals surface area contributed by atoms with E-state index < -0.39 is 0 Å². The molecule has 29 heavy (non-hydrogen) atoms. The Morgan fingerprint density at radius 2 is 1.69 bits per heavy atom. The van der Waals surface area contributed by atoms with Crippen molar-refractivity contribution in [1.82, 2.24) is 9.97 Å². The van der Waals surface area contributed by atoms with Crippen molar-refractivity contribution in [1.29, 1.82) is 0 Å². The average molecular weight is 390 g/mol. The van der Waals surface area contributed by atoms with Gasteiger partial charge in [-0.2, -0.15) is 0 Å². The molecule has 4 rings (SSSR count). The van der Waals surface area contributed by atoms with E-state index in [1.165, 1.54) is 0 Å². The summed E-state index contributed by atoms with van der Waals surface area (Å²) in [6.45, 7) is 2.36. The lowest BCUT2D eigenvalue weighted by atomic mass is 10.1. The molecule has 6 heteroatoms. The van der Waals surface area contributed by atoms with E-state index in [2.05, 4.69) is 32.3 Å². The van der Waals surface area contributed by atoms with Gasteiger partial charge in [0.1, 0.15) is 17.4 Å². The highest BCUT2D eigenvalue weighted by molar-refractivity contribution is 5.69. The highest BCUT2D eigenvalue weighted by Crippen LogP contribution is 2.26. The second-order valence-corrected chi connectivity index (χ2v) is 7.25. The summed E-state index contributed by atoms with van der Waals surface area (Å²) < 4.78 is 5.20. The quantitative estimate of drug-likeness (QED) is 0.668. The van der Waals surface area contributed by atoms with E-state index in [9.17, 15) is 5.11 Å². The Kier molecular flexibility index (Phi) is 5.91. The van der Waals surface area contributed by atoms with Gasteiger partial charge in [-0.1, -0.05) is 12.1 Å². The van der Waals surface area contributed by atoms with Crippen LogP contribution in [0.1, 0.15) is 18.4 Å². The Morgan fingerprint density at radius 3 is 2.41 bits per heavy atom. The fourth-order valence-electron chi connectivity index (χ4n) is 3.51. The number of piperidine rings is 1. The molecule has 2 aromatic heterocycles. The van der Waals surface area contributed by atoms with E-state index in [4.69, 9.17) is 4.74 Å². The zero-order valence-electron chi connectivity index (χ0n) is 16.6. The number of pyridine rings is 2. The first-order chi connectivity index (χ1) is 14.2. The van der Waals surface area contributed by atoms with Crippen LogP contribution in [0.5, 0.6) is 5.75 Å². The van der Waals surface area contributed by atoms with E-state index in [1.807, 2.05) is 48.8 Å². The summed E-state index contributed by atoms with van der Waals surface area (Å²) in [6, 6.07) is 16.2. The first kappa shape index (κ1) is 19.2. The normalized spacial score (nSPS) is 14.6. The average Bonchev–Trinajstić information content (AvgIpc) is 2.79. The van der Waals surface area contributed by atoms with Crippen LogP contribution in [-0.2, 0) is 6.54 Å². The SMILES string of the molecule is COc1ccc(CNc2cc(-c3ccnc(N4CCC(O)CC4)c3)ccn2)cc1. The van der Waals surface area contributed by atoms with Crippen LogP contribution < -0.4 is 15.0 Å². The summed E-state index contributed by atoms with van der Waals surface area (Å²) in [6.07, 6.45) is 5.07. The molecular formula is C23H26N4O2. The van der Waals surface area contributed by atoms with Crippen LogP contribution in [0.4, 0.5) is 11.6 Å². The lowest BCUT2D eigenvalue weighted by Gasteiger charge is -2.30. The second-order valence-electron chi connectivity index (χ2n) is 7.25. The minimum absolute atomic E-state index is 0.186. The Morgan fingerprint density at radius 1 is 1.00 bits per heavy atom. The molecule has 1 saturated heterocycles. The zero-order chi connectivity index (χ0) is 20.1. The predicted molar refractivity (Wildman–Crippen MR) is 115 cm³/mol. The number of benzene rings is 1. The minimum Gasteiger partial charge on any atom is -0.497 e. The van der Waals surface area contributed by atoms with Gasteiger partial charge in [0.25, 0.3) is 0 Å². The van der Waals surface area contributed by atoms with Crippen molar-refractivity contribution in [3.05, 3.63) is 66.5 Å². The summed E-state index contributed by atoms with van der Waals surface area (Å²) in [4.78, 5) is 11.2. The molecule has 0 amide bonds. The molecule has 0 saturated carbocycles. The fourth-order valence-corrected chi connectivity index (χ4v) is 3.51. The number of hydrogen-bond acceptors (Lipinski definition) is 6. The maximum atomic E-state index is 9.73. The van der Waals surface area contributed by atoms with Gasteiger partial charge in [0, 0.05) is 32.0 Å². The van der Waals surface area contributed by atoms with E-state index >= 15 is 0 Å². The number of anilines is 2. The lowest BCUT2D eigenvalue weighted by molar-refractivity contribution is 0.145. The third-order valence-electron chi connectivity index (χ3n) is 5.26. The van der Waals surface area contributed by atoms with E-state index in [1.54, 1.807) is 7.11 Å². The first-order valence-corrected chi connectivity index (χ1v) is 9.93. The molecular weight excluding hydrogens is 364 g/mol. The first-order valence-electron chi connectivity index (χ1n) is 9.93. The smallest absolute Gasteiger partial charge is 0.129 e. The maximum Gasteiger partial charge on any atom is 0.129 e. The number of nitrogens with one attached hydrogen (secondary N) is 1. The van der Waals surface area contributed by atoms with Crippen LogP contribution in [0.3, 0.4) is 0 Å². The Labute approximate surface area is 171 Å². The summed E-state index contributed by atoms with van der Waals surface area (Å²) in [5, 5.41) is 13.1. The summed E-state index contributed by atoms with van der Waals surface area (Å²) in [5.41, 5.74) is 3.37. The van der Waals surface area contributed by atoms with Crippen molar-refractivity contribution in [2.75, 3.05) is 30.4 Å². The standard InChI is InChI=1S/C23H26N4O2/c1-29-21-4-2-17(3-5-21)16-26-22-14-18(6-10-24-22)19-7-11-25-23(15-19)27-12-8-20(28)9-13-27/h2-7,10-11,14-15,20,28H,8-9,12-13,16H2,1H3,(H,24,26). The molecule has 0 bridgehead atoms. The maximum absolute atomic E-state index is 9.73. The van der Waals surface area contributed by atoms with Crippen molar-refractivity contribution in [3.63, 3.8) is 0 Å². The number of aliphatic hydroxyl groups excluding tert-OH is 1. The molecule has 6 nitrogen and oxygen atoms in total. The molecule has 1 aliphatic rings. The Bertz CT molecular complexity index is 938.